The van der Waals surface area contributed by atoms with Gasteiger partial charge in [0, 0.05) is 25.6 Å². The number of H-pyrrole nitrogens is 1. The second kappa shape index (κ2) is 12.1. The van der Waals surface area contributed by atoms with Crippen LogP contribution in [-0.2, 0) is 36.8 Å². The predicted octanol–water partition coefficient (Wildman–Crippen LogP) is -4.88. The Hall–Kier alpha value is -1.83. The number of amides is 1. The number of phosphoric ester groups is 2. The number of aliphatic hydroxyl groups is 4. The molecule has 0 aliphatic carbocycles. The Morgan fingerprint density at radius 3 is 2.47 bits per heavy atom. The van der Waals surface area contributed by atoms with Crippen molar-refractivity contribution in [3.8, 4) is 0 Å². The third-order valence-electron chi connectivity index (χ3n) is 5.42. The van der Waals surface area contributed by atoms with Crippen LogP contribution in [0, 0.1) is 0 Å². The Labute approximate surface area is 212 Å². The minimum atomic E-state index is -5.80. The molecule has 6 N–H and O–H groups in total. The molecular weight excluding hydrogens is 564 g/mol. The third kappa shape index (κ3) is 7.64. The minimum Gasteiger partial charge on any atom is -0.756 e. The fourth-order valence-electron chi connectivity index (χ4n) is 3.71. The van der Waals surface area contributed by atoms with Crippen LogP contribution in [0.4, 0.5) is 0 Å². The Bertz CT molecular complexity index is 1210. The summed E-state index contributed by atoms with van der Waals surface area (Å²) in [6, 6.07) is -0.352. The van der Waals surface area contributed by atoms with Crippen LogP contribution in [0.3, 0.4) is 0 Å². The number of hydrogen-bond donors (Lipinski definition) is 6. The van der Waals surface area contributed by atoms with E-state index in [1.807, 2.05) is 4.98 Å². The van der Waals surface area contributed by atoms with Gasteiger partial charge in [0.25, 0.3) is 21.2 Å². The van der Waals surface area contributed by atoms with Gasteiger partial charge < -0.3 is 49.5 Å². The van der Waals surface area contributed by atoms with Crippen molar-refractivity contribution < 1.29 is 67.0 Å². The van der Waals surface area contributed by atoms with Gasteiger partial charge in [-0.3, -0.25) is 32.8 Å². The maximum Gasteiger partial charge on any atom is 0.330 e. The lowest BCUT2D eigenvalue weighted by molar-refractivity contribution is -0.273. The summed E-state index contributed by atoms with van der Waals surface area (Å²) in [7, 11) is -11.6. The zero-order valence-corrected chi connectivity index (χ0v) is 21.2. The van der Waals surface area contributed by atoms with Crippen molar-refractivity contribution in [1.29, 1.82) is 0 Å². The van der Waals surface area contributed by atoms with E-state index in [-0.39, 0.29) is 6.42 Å². The summed E-state index contributed by atoms with van der Waals surface area (Å²) in [5, 5.41) is 41.7. The highest BCUT2D eigenvalue weighted by atomic mass is 31.3. The van der Waals surface area contributed by atoms with Gasteiger partial charge in [-0.25, -0.2) is 9.11 Å². The smallest absolute Gasteiger partial charge is 0.330 e. The highest BCUT2D eigenvalue weighted by Crippen LogP contribution is 2.57. The monoisotopic (exact) mass is 589 g/mol. The van der Waals surface area contributed by atoms with E-state index < -0.39 is 95.1 Å². The van der Waals surface area contributed by atoms with Gasteiger partial charge in [-0.1, -0.05) is 0 Å². The molecular formula is C17H25N3O16P2-2. The maximum atomic E-state index is 12.3. The van der Waals surface area contributed by atoms with E-state index in [0.29, 0.717) is 4.57 Å². The van der Waals surface area contributed by atoms with E-state index in [2.05, 4.69) is 18.7 Å². The molecule has 2 fully saturated rings. The highest BCUT2D eigenvalue weighted by Gasteiger charge is 2.45. The van der Waals surface area contributed by atoms with Crippen molar-refractivity contribution in [3.05, 3.63) is 33.1 Å². The van der Waals surface area contributed by atoms with Crippen LogP contribution in [0.2, 0.25) is 0 Å². The predicted molar refractivity (Wildman–Crippen MR) is 115 cm³/mol. The zero-order chi connectivity index (χ0) is 28.4. The number of rotatable bonds is 10. The number of hydrogen-bond acceptors (Lipinski definition) is 16. The molecule has 19 nitrogen and oxygen atoms in total. The molecule has 0 radical (unpaired) electrons. The largest absolute Gasteiger partial charge is 0.756 e. The molecule has 3 heterocycles. The summed E-state index contributed by atoms with van der Waals surface area (Å²) in [6.45, 7) is -0.771. The first-order chi connectivity index (χ1) is 17.6. The SMILES string of the molecule is CC(=O)NC1CC(O)C(CO)OC1OP(=O)([O-])OP(=O)([O-])OCC1OC(n2ccc(=O)[nH]c2=O)C(O)C1O. The summed E-state index contributed by atoms with van der Waals surface area (Å²) in [6.07, 6.45) is -10.7. The van der Waals surface area contributed by atoms with Crippen LogP contribution in [0.5, 0.6) is 0 Å². The summed E-state index contributed by atoms with van der Waals surface area (Å²) in [5.41, 5.74) is -1.76. The van der Waals surface area contributed by atoms with Crippen LogP contribution in [0.15, 0.2) is 21.9 Å². The summed E-state index contributed by atoms with van der Waals surface area (Å²) in [5.74, 6) is -0.666. The zero-order valence-electron chi connectivity index (χ0n) is 19.4. The number of carbonyl (C=O) groups is 1. The molecule has 216 valence electrons. The summed E-state index contributed by atoms with van der Waals surface area (Å²) >= 11 is 0. The van der Waals surface area contributed by atoms with Crippen LogP contribution in [-0.4, -0.2) is 91.9 Å². The van der Waals surface area contributed by atoms with Gasteiger partial charge >= 0.3 is 5.69 Å². The Kier molecular flexibility index (Phi) is 9.81. The van der Waals surface area contributed by atoms with Crippen molar-refractivity contribution in [2.24, 2.45) is 0 Å². The third-order valence-corrected chi connectivity index (χ3v) is 7.95. The van der Waals surface area contributed by atoms with E-state index in [1.54, 1.807) is 0 Å². The Morgan fingerprint density at radius 2 is 1.87 bits per heavy atom. The summed E-state index contributed by atoms with van der Waals surface area (Å²) < 4.78 is 48.5. The fourth-order valence-corrected chi connectivity index (χ4v) is 5.82. The fraction of sp³-hybridized carbons (Fsp3) is 0.706. The van der Waals surface area contributed by atoms with Gasteiger partial charge in [-0.2, -0.15) is 0 Å². The average molecular weight is 589 g/mol. The van der Waals surface area contributed by atoms with Crippen LogP contribution in [0.25, 0.3) is 0 Å². The second-order valence-corrected chi connectivity index (χ2v) is 11.2. The number of aromatic nitrogens is 2. The average Bonchev–Trinajstić information content (AvgIpc) is 3.07. The molecule has 3 rings (SSSR count). The molecule has 0 spiro atoms. The molecule has 0 aromatic carbocycles. The van der Waals surface area contributed by atoms with E-state index in [4.69, 9.17) is 9.47 Å². The van der Waals surface area contributed by atoms with Crippen molar-refractivity contribution in [2.75, 3.05) is 13.2 Å². The lowest BCUT2D eigenvalue weighted by Crippen LogP contribution is -2.55. The van der Waals surface area contributed by atoms with Crippen molar-refractivity contribution in [3.63, 3.8) is 0 Å². The van der Waals surface area contributed by atoms with Crippen molar-refractivity contribution in [2.45, 2.75) is 62.4 Å². The van der Waals surface area contributed by atoms with Gasteiger partial charge in [0.1, 0.15) is 24.4 Å². The standard InChI is InChI=1S/C17H27N3O16P2/c1-7(22)18-8-4-9(23)10(5-21)34-16(8)35-38(30,31)36-37(28,29)32-6-11-13(25)14(26)15(33-11)20-3-2-12(24)19-17(20)27/h2-3,8-11,13-16,21,23,25-26H,4-6H2,1H3,(H,18,22)(H,28,29)(H,30,31)(H,19,24,27)/p-2. The number of phosphoric acid groups is 2. The first-order valence-electron chi connectivity index (χ1n) is 10.8. The molecule has 0 saturated carbocycles. The number of nitrogens with one attached hydrogen (secondary N) is 2. The number of aromatic amines is 1. The molecule has 0 bridgehead atoms. The van der Waals surface area contributed by atoms with Gasteiger partial charge in [0.05, 0.1) is 25.4 Å². The molecule has 10 atom stereocenters. The van der Waals surface area contributed by atoms with Gasteiger partial charge in [0.2, 0.25) is 5.91 Å². The van der Waals surface area contributed by atoms with Crippen LogP contribution >= 0.6 is 15.6 Å². The molecule has 2 saturated heterocycles. The molecule has 1 aromatic heterocycles. The molecule has 2 aliphatic rings. The number of aliphatic hydroxyl groups excluding tert-OH is 4. The quantitative estimate of drug-likeness (QED) is 0.139. The molecule has 1 amide bonds. The molecule has 21 heteroatoms. The minimum absolute atomic E-state index is 0.320. The maximum absolute atomic E-state index is 12.3. The van der Waals surface area contributed by atoms with Gasteiger partial charge in [-0.15, -0.1) is 0 Å². The first-order valence-corrected chi connectivity index (χ1v) is 13.8. The lowest BCUT2D eigenvalue weighted by atomic mass is 10.0. The van der Waals surface area contributed by atoms with E-state index >= 15 is 0 Å². The van der Waals surface area contributed by atoms with Crippen LogP contribution < -0.4 is 26.4 Å². The van der Waals surface area contributed by atoms with E-state index in [9.17, 15) is 53.7 Å². The second-order valence-electron chi connectivity index (χ2n) is 8.28. The first kappa shape index (κ1) is 30.7. The Balaban J connectivity index is 1.63. The summed E-state index contributed by atoms with van der Waals surface area (Å²) in [4.78, 5) is 60.8. The molecule has 2 aliphatic heterocycles. The van der Waals surface area contributed by atoms with Crippen LogP contribution in [0.1, 0.15) is 19.6 Å². The molecule has 38 heavy (non-hydrogen) atoms. The van der Waals surface area contributed by atoms with Gasteiger partial charge in [0.15, 0.2) is 12.5 Å². The molecule has 1 aromatic rings. The number of carbonyl (C=O) groups excluding carboxylic acids is 1. The van der Waals surface area contributed by atoms with Gasteiger partial charge in [-0.05, 0) is 0 Å². The number of nitrogens with zero attached hydrogens (tertiary/aromatic N) is 1. The Morgan fingerprint density at radius 1 is 1.18 bits per heavy atom. The topological polar surface area (TPSA) is 291 Å². The normalized spacial score (nSPS) is 34.8. The highest BCUT2D eigenvalue weighted by molar-refractivity contribution is 7.59. The van der Waals surface area contributed by atoms with E-state index in [1.165, 1.54) is 0 Å². The van der Waals surface area contributed by atoms with E-state index in [0.717, 1.165) is 19.2 Å². The number of ether oxygens (including phenoxy) is 2. The van der Waals surface area contributed by atoms with Crippen molar-refractivity contribution in [1.82, 2.24) is 14.9 Å². The molecule has 10 unspecified atom stereocenters. The van der Waals surface area contributed by atoms with Crippen molar-refractivity contribution >= 4 is 21.6 Å². The lowest BCUT2D eigenvalue weighted by Gasteiger charge is -2.41.